The van der Waals surface area contributed by atoms with E-state index in [1.165, 1.54) is 0 Å². The van der Waals surface area contributed by atoms with Gasteiger partial charge < -0.3 is 25.0 Å². The number of guanidine groups is 1. The summed E-state index contributed by atoms with van der Waals surface area (Å²) in [5.74, 6) is 1.81. The van der Waals surface area contributed by atoms with Gasteiger partial charge in [0.05, 0.1) is 12.8 Å². The van der Waals surface area contributed by atoms with Crippen molar-refractivity contribution in [1.82, 2.24) is 10.6 Å². The third kappa shape index (κ3) is 7.19. The Hall–Kier alpha value is -1.22. The summed E-state index contributed by atoms with van der Waals surface area (Å²) >= 11 is 0. The van der Waals surface area contributed by atoms with E-state index in [2.05, 4.69) is 32.7 Å². The molecule has 1 aromatic rings. The van der Waals surface area contributed by atoms with Gasteiger partial charge in [0.15, 0.2) is 5.96 Å². The van der Waals surface area contributed by atoms with Crippen molar-refractivity contribution in [1.29, 1.82) is 0 Å². The summed E-state index contributed by atoms with van der Waals surface area (Å²) in [5.41, 5.74) is 1.16. The number of nitrogens with zero attached hydrogens (tertiary/aromatic N) is 2. The molecule has 0 saturated carbocycles. The Balaban J connectivity index is 0.00000338. The number of unbranched alkanes of at least 4 members (excludes halogenated alkanes) is 1. The van der Waals surface area contributed by atoms with Crippen LogP contribution in [-0.4, -0.2) is 59.0 Å². The maximum absolute atomic E-state index is 5.48. The Kier molecular flexibility index (Phi) is 11.4. The number of aliphatic imine (C=N–C) groups is 1. The van der Waals surface area contributed by atoms with Crippen molar-refractivity contribution >= 4 is 35.6 Å². The summed E-state index contributed by atoms with van der Waals surface area (Å²) < 4.78 is 10.8. The Labute approximate surface area is 174 Å². The highest BCUT2D eigenvalue weighted by molar-refractivity contribution is 14.0. The Morgan fingerprint density at radius 2 is 2.12 bits per heavy atom. The highest BCUT2D eigenvalue weighted by Gasteiger charge is 2.25. The lowest BCUT2D eigenvalue weighted by Crippen LogP contribution is -2.44. The van der Waals surface area contributed by atoms with Crippen LogP contribution < -0.4 is 20.3 Å². The zero-order valence-electron chi connectivity index (χ0n) is 16.2. The molecule has 0 bridgehead atoms. The van der Waals surface area contributed by atoms with E-state index >= 15 is 0 Å². The molecule has 2 rings (SSSR count). The molecule has 2 N–H and O–H groups in total. The minimum absolute atomic E-state index is 0. The van der Waals surface area contributed by atoms with Gasteiger partial charge in [-0.15, -0.1) is 24.0 Å². The largest absolute Gasteiger partial charge is 0.495 e. The first kappa shape index (κ1) is 22.8. The summed E-state index contributed by atoms with van der Waals surface area (Å²) in [6.45, 7) is 6.53. The molecule has 0 aliphatic carbocycles. The molecule has 1 aromatic carbocycles. The topological polar surface area (TPSA) is 58.1 Å². The molecule has 0 radical (unpaired) electrons. The standard InChI is InChI=1S/C19H32N4O2.HI/c1-4-25-14-8-7-12-21-19(20-2)22-16-11-13-23(15-16)17-9-5-6-10-18(17)24-3;/h5-6,9-10,16H,4,7-8,11-15H2,1-3H3,(H2,20,21,22);1H. The lowest BCUT2D eigenvalue weighted by atomic mass is 10.2. The average molecular weight is 476 g/mol. The quantitative estimate of drug-likeness (QED) is 0.249. The molecule has 0 amide bonds. The first-order chi connectivity index (χ1) is 12.3. The van der Waals surface area contributed by atoms with Crippen LogP contribution in [0.5, 0.6) is 5.75 Å². The first-order valence-electron chi connectivity index (χ1n) is 9.21. The number of anilines is 1. The Morgan fingerprint density at radius 3 is 2.85 bits per heavy atom. The first-order valence-corrected chi connectivity index (χ1v) is 9.21. The molecule has 148 valence electrons. The average Bonchev–Trinajstić information content (AvgIpc) is 3.11. The predicted octanol–water partition coefficient (Wildman–Crippen LogP) is 2.87. The van der Waals surface area contributed by atoms with Gasteiger partial charge in [0.1, 0.15) is 5.75 Å². The molecule has 1 atom stereocenters. The molecule has 26 heavy (non-hydrogen) atoms. The zero-order chi connectivity index (χ0) is 17.9. The van der Waals surface area contributed by atoms with Crippen LogP contribution in [0.2, 0.25) is 0 Å². The molecule has 1 aliphatic rings. The van der Waals surface area contributed by atoms with Crippen molar-refractivity contribution in [2.24, 2.45) is 4.99 Å². The van der Waals surface area contributed by atoms with Crippen LogP contribution in [0.15, 0.2) is 29.3 Å². The second kappa shape index (κ2) is 13.0. The van der Waals surface area contributed by atoms with Gasteiger partial charge in [-0.3, -0.25) is 4.99 Å². The van der Waals surface area contributed by atoms with E-state index in [1.807, 2.05) is 26.1 Å². The fourth-order valence-corrected chi connectivity index (χ4v) is 3.06. The van der Waals surface area contributed by atoms with Gasteiger partial charge in [-0.2, -0.15) is 0 Å². The van der Waals surface area contributed by atoms with Crippen molar-refractivity contribution in [3.63, 3.8) is 0 Å². The lowest BCUT2D eigenvalue weighted by molar-refractivity contribution is 0.143. The molecule has 1 unspecified atom stereocenters. The second-order valence-electron chi connectivity index (χ2n) is 6.15. The van der Waals surface area contributed by atoms with Crippen LogP contribution in [0.25, 0.3) is 0 Å². The normalized spacial score (nSPS) is 17.0. The number of benzene rings is 1. The van der Waals surface area contributed by atoms with Gasteiger partial charge in [0.25, 0.3) is 0 Å². The van der Waals surface area contributed by atoms with E-state index in [4.69, 9.17) is 9.47 Å². The predicted molar refractivity (Wildman–Crippen MR) is 119 cm³/mol. The van der Waals surface area contributed by atoms with E-state index in [0.717, 1.165) is 69.5 Å². The van der Waals surface area contributed by atoms with Gasteiger partial charge in [0, 0.05) is 45.9 Å². The van der Waals surface area contributed by atoms with Crippen LogP contribution in [0.3, 0.4) is 0 Å². The van der Waals surface area contributed by atoms with Gasteiger partial charge in [-0.1, -0.05) is 12.1 Å². The molecule has 7 heteroatoms. The highest BCUT2D eigenvalue weighted by Crippen LogP contribution is 2.30. The molecule has 0 spiro atoms. The molecular formula is C19H33IN4O2. The molecular weight excluding hydrogens is 443 g/mol. The van der Waals surface area contributed by atoms with Gasteiger partial charge >= 0.3 is 0 Å². The van der Waals surface area contributed by atoms with Crippen molar-refractivity contribution in [3.8, 4) is 5.75 Å². The van der Waals surface area contributed by atoms with Gasteiger partial charge in [-0.05, 0) is 38.3 Å². The third-order valence-electron chi connectivity index (χ3n) is 4.39. The highest BCUT2D eigenvalue weighted by atomic mass is 127. The van der Waals surface area contributed by atoms with E-state index in [-0.39, 0.29) is 24.0 Å². The van der Waals surface area contributed by atoms with Gasteiger partial charge in [0.2, 0.25) is 0 Å². The second-order valence-corrected chi connectivity index (χ2v) is 6.15. The van der Waals surface area contributed by atoms with Crippen LogP contribution in [0.1, 0.15) is 26.2 Å². The zero-order valence-corrected chi connectivity index (χ0v) is 18.5. The van der Waals surface area contributed by atoms with Crippen LogP contribution in [0, 0.1) is 0 Å². The summed E-state index contributed by atoms with van der Waals surface area (Å²) in [7, 11) is 3.55. The van der Waals surface area contributed by atoms with Crippen LogP contribution in [-0.2, 0) is 4.74 Å². The van der Waals surface area contributed by atoms with E-state index in [1.54, 1.807) is 7.11 Å². The molecule has 0 aromatic heterocycles. The minimum Gasteiger partial charge on any atom is -0.495 e. The maximum Gasteiger partial charge on any atom is 0.191 e. The van der Waals surface area contributed by atoms with Crippen molar-refractivity contribution in [2.75, 3.05) is 51.9 Å². The number of rotatable bonds is 9. The fraction of sp³-hybridized carbons (Fsp3) is 0.632. The van der Waals surface area contributed by atoms with E-state index < -0.39 is 0 Å². The lowest BCUT2D eigenvalue weighted by Gasteiger charge is -2.22. The Morgan fingerprint density at radius 1 is 1.31 bits per heavy atom. The molecule has 1 fully saturated rings. The number of hydrogen-bond acceptors (Lipinski definition) is 4. The van der Waals surface area contributed by atoms with E-state index in [9.17, 15) is 0 Å². The number of hydrogen-bond donors (Lipinski definition) is 2. The number of halogens is 1. The van der Waals surface area contributed by atoms with E-state index in [0.29, 0.717) is 6.04 Å². The minimum atomic E-state index is 0. The summed E-state index contributed by atoms with van der Waals surface area (Å²) in [6, 6.07) is 8.58. The van der Waals surface area contributed by atoms with Crippen LogP contribution >= 0.6 is 24.0 Å². The summed E-state index contributed by atoms with van der Waals surface area (Å²) in [4.78, 5) is 6.70. The third-order valence-corrected chi connectivity index (χ3v) is 4.39. The molecule has 1 aliphatic heterocycles. The number of nitrogens with one attached hydrogen (secondary N) is 2. The molecule has 1 heterocycles. The number of methoxy groups -OCH3 is 1. The monoisotopic (exact) mass is 476 g/mol. The summed E-state index contributed by atoms with van der Waals surface area (Å²) in [6.07, 6.45) is 3.24. The fourth-order valence-electron chi connectivity index (χ4n) is 3.06. The molecule has 6 nitrogen and oxygen atoms in total. The Bertz CT molecular complexity index is 542. The van der Waals surface area contributed by atoms with Crippen LogP contribution in [0.4, 0.5) is 5.69 Å². The summed E-state index contributed by atoms with van der Waals surface area (Å²) in [5, 5.41) is 6.92. The van der Waals surface area contributed by atoms with Crippen molar-refractivity contribution < 1.29 is 9.47 Å². The molecule has 1 saturated heterocycles. The van der Waals surface area contributed by atoms with Crippen molar-refractivity contribution in [3.05, 3.63) is 24.3 Å². The number of ether oxygens (including phenoxy) is 2. The van der Waals surface area contributed by atoms with Gasteiger partial charge in [-0.25, -0.2) is 0 Å². The SMILES string of the molecule is CCOCCCCNC(=NC)NC1CCN(c2ccccc2OC)C1.I. The smallest absolute Gasteiger partial charge is 0.191 e. The van der Waals surface area contributed by atoms with Crippen molar-refractivity contribution in [2.45, 2.75) is 32.2 Å². The number of para-hydroxylation sites is 2. The maximum atomic E-state index is 5.48.